The van der Waals surface area contributed by atoms with Gasteiger partial charge in [0.1, 0.15) is 5.75 Å². The van der Waals surface area contributed by atoms with Gasteiger partial charge in [-0.1, -0.05) is 24.8 Å². The summed E-state index contributed by atoms with van der Waals surface area (Å²) in [6, 6.07) is 11.3. The summed E-state index contributed by atoms with van der Waals surface area (Å²) in [7, 11) is 0. The Labute approximate surface area is 167 Å². The zero-order chi connectivity index (χ0) is 20.1. The summed E-state index contributed by atoms with van der Waals surface area (Å²) < 4.78 is 0. The summed E-state index contributed by atoms with van der Waals surface area (Å²) in [5.74, 6) is -0.211. The van der Waals surface area contributed by atoms with Crippen LogP contribution in [-0.2, 0) is 0 Å². The lowest BCUT2D eigenvalue weighted by atomic mass is 10.1. The van der Waals surface area contributed by atoms with Crippen molar-refractivity contribution in [2.24, 2.45) is 0 Å². The summed E-state index contributed by atoms with van der Waals surface area (Å²) in [5, 5.41) is 24.0. The first-order chi connectivity index (χ1) is 13.5. The Hall–Kier alpha value is -2.58. The standard InChI is InChI=1S/C20H23N3O4S/c1-2-22-10-4-5-15(22)13-21-20(25)14-8-9-19(18(11-14)23(26)27)28-17-7-3-6-16(24)12-17/h3,6-9,11-12,15,24H,2,4-5,10,13H2,1H3,(H,21,25). The third-order valence-corrected chi connectivity index (χ3v) is 5.92. The molecular weight excluding hydrogens is 378 g/mol. The van der Waals surface area contributed by atoms with E-state index in [0.717, 1.165) is 25.9 Å². The van der Waals surface area contributed by atoms with E-state index < -0.39 is 4.92 Å². The van der Waals surface area contributed by atoms with Gasteiger partial charge in [0.05, 0.1) is 9.82 Å². The molecule has 0 aromatic heterocycles. The Morgan fingerprint density at radius 1 is 1.36 bits per heavy atom. The number of phenols is 1. The number of nitrogens with zero attached hydrogens (tertiary/aromatic N) is 2. The first-order valence-electron chi connectivity index (χ1n) is 9.25. The fourth-order valence-electron chi connectivity index (χ4n) is 3.42. The van der Waals surface area contributed by atoms with Crippen molar-refractivity contribution in [3.05, 3.63) is 58.1 Å². The second-order valence-corrected chi connectivity index (χ2v) is 7.79. The van der Waals surface area contributed by atoms with Gasteiger partial charge >= 0.3 is 0 Å². The van der Waals surface area contributed by atoms with E-state index >= 15 is 0 Å². The number of hydrogen-bond acceptors (Lipinski definition) is 6. The number of likely N-dealkylation sites (N-methyl/N-ethyl adjacent to an activating group) is 1. The predicted molar refractivity (Wildman–Crippen MR) is 108 cm³/mol. The first kappa shape index (κ1) is 20.2. The summed E-state index contributed by atoms with van der Waals surface area (Å²) in [6.07, 6.45) is 2.18. The van der Waals surface area contributed by atoms with Crippen molar-refractivity contribution < 1.29 is 14.8 Å². The molecule has 2 aromatic rings. The lowest BCUT2D eigenvalue weighted by Crippen LogP contribution is -2.40. The van der Waals surface area contributed by atoms with E-state index in [1.165, 1.54) is 30.0 Å². The van der Waals surface area contributed by atoms with Crippen LogP contribution in [0.15, 0.2) is 52.3 Å². The van der Waals surface area contributed by atoms with Crippen LogP contribution in [0.5, 0.6) is 5.75 Å². The molecule has 1 fully saturated rings. The van der Waals surface area contributed by atoms with Gasteiger partial charge in [0, 0.05) is 29.1 Å². The number of aromatic hydroxyl groups is 1. The Morgan fingerprint density at radius 2 is 2.18 bits per heavy atom. The minimum absolute atomic E-state index is 0.0942. The first-order valence-corrected chi connectivity index (χ1v) is 10.1. The van der Waals surface area contributed by atoms with Crippen molar-refractivity contribution in [1.82, 2.24) is 10.2 Å². The predicted octanol–water partition coefficient (Wildman–Crippen LogP) is 3.67. The molecular formula is C20H23N3O4S. The van der Waals surface area contributed by atoms with Crippen molar-refractivity contribution in [3.8, 4) is 5.75 Å². The smallest absolute Gasteiger partial charge is 0.284 e. The van der Waals surface area contributed by atoms with Crippen LogP contribution in [0.25, 0.3) is 0 Å². The van der Waals surface area contributed by atoms with Crippen LogP contribution < -0.4 is 5.32 Å². The van der Waals surface area contributed by atoms with Gasteiger partial charge in [0.2, 0.25) is 0 Å². The number of likely N-dealkylation sites (tertiary alicyclic amines) is 1. The maximum absolute atomic E-state index is 12.5. The van der Waals surface area contributed by atoms with Crippen LogP contribution in [0.1, 0.15) is 30.1 Å². The van der Waals surface area contributed by atoms with Gasteiger partial charge in [-0.15, -0.1) is 0 Å². The summed E-state index contributed by atoms with van der Waals surface area (Å²) in [4.78, 5) is 26.9. The highest BCUT2D eigenvalue weighted by atomic mass is 32.2. The van der Waals surface area contributed by atoms with Crippen LogP contribution in [0.2, 0.25) is 0 Å². The molecule has 0 spiro atoms. The number of nitro groups is 1. The molecule has 2 aromatic carbocycles. The van der Waals surface area contributed by atoms with E-state index in [1.807, 2.05) is 0 Å². The number of carbonyl (C=O) groups is 1. The van der Waals surface area contributed by atoms with E-state index in [2.05, 4.69) is 17.1 Å². The van der Waals surface area contributed by atoms with Gasteiger partial charge in [-0.05, 0) is 56.3 Å². The highest BCUT2D eigenvalue weighted by Crippen LogP contribution is 2.36. The molecule has 2 N–H and O–H groups in total. The van der Waals surface area contributed by atoms with Crippen molar-refractivity contribution in [1.29, 1.82) is 0 Å². The molecule has 1 unspecified atom stereocenters. The molecule has 1 amide bonds. The van der Waals surface area contributed by atoms with E-state index in [0.29, 0.717) is 22.4 Å². The van der Waals surface area contributed by atoms with Gasteiger partial charge in [-0.25, -0.2) is 0 Å². The topological polar surface area (TPSA) is 95.7 Å². The Kier molecular flexibility index (Phi) is 6.53. The average molecular weight is 401 g/mol. The van der Waals surface area contributed by atoms with Crippen LogP contribution >= 0.6 is 11.8 Å². The Morgan fingerprint density at radius 3 is 2.89 bits per heavy atom. The third-order valence-electron chi connectivity index (χ3n) is 4.87. The largest absolute Gasteiger partial charge is 0.508 e. The van der Waals surface area contributed by atoms with E-state index in [9.17, 15) is 20.0 Å². The van der Waals surface area contributed by atoms with Crippen LogP contribution in [0.4, 0.5) is 5.69 Å². The Balaban J connectivity index is 1.72. The minimum Gasteiger partial charge on any atom is -0.508 e. The fraction of sp³-hybridized carbons (Fsp3) is 0.350. The SMILES string of the molecule is CCN1CCCC1CNC(=O)c1ccc(Sc2cccc(O)c2)c([N+](=O)[O-])c1. The quantitative estimate of drug-likeness (QED) is 0.543. The lowest BCUT2D eigenvalue weighted by molar-refractivity contribution is -0.387. The van der Waals surface area contributed by atoms with Crippen molar-refractivity contribution in [3.63, 3.8) is 0 Å². The molecule has 1 aliphatic heterocycles. The number of benzene rings is 2. The molecule has 1 heterocycles. The highest BCUT2D eigenvalue weighted by Gasteiger charge is 2.24. The molecule has 28 heavy (non-hydrogen) atoms. The zero-order valence-electron chi connectivity index (χ0n) is 15.6. The van der Waals surface area contributed by atoms with Crippen LogP contribution in [-0.4, -0.2) is 46.5 Å². The maximum Gasteiger partial charge on any atom is 0.284 e. The number of rotatable bonds is 7. The van der Waals surface area contributed by atoms with Crippen molar-refractivity contribution in [2.75, 3.05) is 19.6 Å². The molecule has 148 valence electrons. The molecule has 8 heteroatoms. The fourth-order valence-corrected chi connectivity index (χ4v) is 4.37. The van der Waals surface area contributed by atoms with Crippen molar-refractivity contribution >= 4 is 23.4 Å². The molecule has 0 bridgehead atoms. The second kappa shape index (κ2) is 9.07. The number of hydrogen-bond donors (Lipinski definition) is 2. The van der Waals surface area contributed by atoms with Gasteiger partial charge in [0.25, 0.3) is 11.6 Å². The number of nitro benzene ring substituents is 1. The number of phenolic OH excluding ortho intramolecular Hbond substituents is 1. The van der Waals surface area contributed by atoms with Gasteiger partial charge in [0.15, 0.2) is 0 Å². The monoisotopic (exact) mass is 401 g/mol. The minimum atomic E-state index is -0.488. The van der Waals surface area contributed by atoms with E-state index in [-0.39, 0.29) is 22.9 Å². The third kappa shape index (κ3) is 4.82. The normalized spacial score (nSPS) is 16.8. The molecule has 1 atom stereocenters. The highest BCUT2D eigenvalue weighted by molar-refractivity contribution is 7.99. The van der Waals surface area contributed by atoms with Gasteiger partial charge in [-0.3, -0.25) is 19.8 Å². The zero-order valence-corrected chi connectivity index (χ0v) is 16.4. The number of amides is 1. The van der Waals surface area contributed by atoms with Crippen molar-refractivity contribution in [2.45, 2.75) is 35.6 Å². The summed E-state index contributed by atoms with van der Waals surface area (Å²) in [5.41, 5.74) is 0.144. The maximum atomic E-state index is 12.5. The van der Waals surface area contributed by atoms with E-state index in [4.69, 9.17) is 0 Å². The molecule has 0 saturated carbocycles. The molecule has 0 aliphatic carbocycles. The Bertz CT molecular complexity index is 874. The molecule has 1 saturated heterocycles. The van der Waals surface area contributed by atoms with Crippen LogP contribution in [0, 0.1) is 10.1 Å². The molecule has 7 nitrogen and oxygen atoms in total. The van der Waals surface area contributed by atoms with Gasteiger partial charge in [-0.2, -0.15) is 0 Å². The molecule has 1 aliphatic rings. The number of nitrogens with one attached hydrogen (secondary N) is 1. The lowest BCUT2D eigenvalue weighted by Gasteiger charge is -2.22. The summed E-state index contributed by atoms with van der Waals surface area (Å²) >= 11 is 1.17. The second-order valence-electron chi connectivity index (χ2n) is 6.67. The molecule has 3 rings (SSSR count). The summed E-state index contributed by atoms with van der Waals surface area (Å²) in [6.45, 7) is 4.64. The number of carbonyl (C=O) groups excluding carboxylic acids is 1. The van der Waals surface area contributed by atoms with Gasteiger partial charge < -0.3 is 10.4 Å². The molecule has 0 radical (unpaired) electrons. The van der Waals surface area contributed by atoms with Crippen LogP contribution in [0.3, 0.4) is 0 Å². The average Bonchev–Trinajstić information content (AvgIpc) is 3.14. The van der Waals surface area contributed by atoms with E-state index in [1.54, 1.807) is 24.3 Å².